The van der Waals surface area contributed by atoms with E-state index in [2.05, 4.69) is 10.1 Å². The molecule has 1 aromatic carbocycles. The molecule has 5 nitrogen and oxygen atoms in total. The predicted octanol–water partition coefficient (Wildman–Crippen LogP) is 1.35. The molecule has 1 aliphatic rings. The van der Waals surface area contributed by atoms with Crippen LogP contribution < -0.4 is 5.73 Å². The van der Waals surface area contributed by atoms with Crippen LogP contribution in [0.3, 0.4) is 0 Å². The normalized spacial score (nSPS) is 22.0. The van der Waals surface area contributed by atoms with Crippen LogP contribution in [-0.2, 0) is 6.54 Å². The molecular formula is C13H19N3O2. The summed E-state index contributed by atoms with van der Waals surface area (Å²) >= 11 is 0. The molecule has 0 aliphatic carbocycles. The first-order valence-corrected chi connectivity index (χ1v) is 6.16. The third-order valence-electron chi connectivity index (χ3n) is 3.36. The average Bonchev–Trinajstić information content (AvgIpc) is 2.38. The van der Waals surface area contributed by atoms with E-state index in [1.165, 1.54) is 0 Å². The zero-order valence-corrected chi connectivity index (χ0v) is 10.3. The summed E-state index contributed by atoms with van der Waals surface area (Å²) in [5.41, 5.74) is 6.74. The second kappa shape index (κ2) is 5.73. The van der Waals surface area contributed by atoms with Crippen LogP contribution in [0.25, 0.3) is 0 Å². The van der Waals surface area contributed by atoms with Gasteiger partial charge < -0.3 is 16.0 Å². The molecular weight excluding hydrogens is 230 g/mol. The number of rotatable bonds is 3. The number of hydrogen-bond acceptors (Lipinski definition) is 4. The van der Waals surface area contributed by atoms with E-state index in [0.29, 0.717) is 5.84 Å². The van der Waals surface area contributed by atoms with Crippen molar-refractivity contribution in [2.45, 2.75) is 19.4 Å². The molecule has 0 saturated carbocycles. The lowest BCUT2D eigenvalue weighted by atomic mass is 9.96. The van der Waals surface area contributed by atoms with E-state index in [1.807, 2.05) is 12.1 Å². The highest BCUT2D eigenvalue weighted by molar-refractivity contribution is 5.82. The average molecular weight is 249 g/mol. The Kier molecular flexibility index (Phi) is 4.04. The van der Waals surface area contributed by atoms with Crippen LogP contribution >= 0.6 is 0 Å². The predicted molar refractivity (Wildman–Crippen MR) is 69.5 cm³/mol. The highest BCUT2D eigenvalue weighted by Crippen LogP contribution is 2.20. The van der Waals surface area contributed by atoms with E-state index >= 15 is 0 Å². The van der Waals surface area contributed by atoms with Gasteiger partial charge in [-0.25, -0.2) is 0 Å². The summed E-state index contributed by atoms with van der Waals surface area (Å²) < 4.78 is 0. The standard InChI is InChI=1S/C13H19N3O2/c14-13(15-18)11-4-2-6-16(9-11)8-10-3-1-5-12(17)7-10/h1,3,5,7,11,17-18H,2,4,6,8-9H2,(H2,14,15). The zero-order valence-electron chi connectivity index (χ0n) is 10.3. The number of benzene rings is 1. The minimum atomic E-state index is 0.126. The Bertz CT molecular complexity index is 434. The van der Waals surface area contributed by atoms with Crippen molar-refractivity contribution in [1.29, 1.82) is 0 Å². The number of nitrogens with zero attached hydrogens (tertiary/aromatic N) is 2. The summed E-state index contributed by atoms with van der Waals surface area (Å²) in [5.74, 6) is 0.731. The Morgan fingerprint density at radius 2 is 2.33 bits per heavy atom. The number of nitrogens with two attached hydrogens (primary N) is 1. The van der Waals surface area contributed by atoms with Gasteiger partial charge in [0, 0.05) is 19.0 Å². The second-order valence-electron chi connectivity index (χ2n) is 4.77. The second-order valence-corrected chi connectivity index (χ2v) is 4.77. The minimum absolute atomic E-state index is 0.126. The first-order chi connectivity index (χ1) is 8.69. The summed E-state index contributed by atoms with van der Waals surface area (Å²) in [4.78, 5) is 2.26. The van der Waals surface area contributed by atoms with Crippen molar-refractivity contribution >= 4 is 5.84 Å². The Labute approximate surface area is 107 Å². The maximum absolute atomic E-state index is 9.43. The summed E-state index contributed by atoms with van der Waals surface area (Å²) in [7, 11) is 0. The van der Waals surface area contributed by atoms with Gasteiger partial charge in [0.2, 0.25) is 0 Å². The van der Waals surface area contributed by atoms with Crippen LogP contribution in [0, 0.1) is 5.92 Å². The Morgan fingerprint density at radius 3 is 3.06 bits per heavy atom. The number of phenols is 1. The zero-order chi connectivity index (χ0) is 13.0. The van der Waals surface area contributed by atoms with Gasteiger partial charge in [0.1, 0.15) is 11.6 Å². The Balaban J connectivity index is 1.97. The number of likely N-dealkylation sites (tertiary alicyclic amines) is 1. The van der Waals surface area contributed by atoms with Crippen molar-refractivity contribution in [2.75, 3.05) is 13.1 Å². The molecule has 0 spiro atoms. The Morgan fingerprint density at radius 1 is 1.50 bits per heavy atom. The van der Waals surface area contributed by atoms with Gasteiger partial charge in [-0.3, -0.25) is 4.90 Å². The number of piperidine rings is 1. The van der Waals surface area contributed by atoms with Crippen LogP contribution in [0.4, 0.5) is 0 Å². The molecule has 1 atom stereocenters. The number of amidine groups is 1. The van der Waals surface area contributed by atoms with Gasteiger partial charge in [-0.2, -0.15) is 0 Å². The quantitative estimate of drug-likeness (QED) is 0.327. The van der Waals surface area contributed by atoms with E-state index in [1.54, 1.807) is 12.1 Å². The third kappa shape index (κ3) is 3.13. The van der Waals surface area contributed by atoms with Gasteiger partial charge in [0.25, 0.3) is 0 Å². The van der Waals surface area contributed by atoms with Gasteiger partial charge >= 0.3 is 0 Å². The topological polar surface area (TPSA) is 82.1 Å². The molecule has 4 N–H and O–H groups in total. The number of phenolic OH excluding ortho intramolecular Hbond substituents is 1. The summed E-state index contributed by atoms with van der Waals surface area (Å²) in [6, 6.07) is 7.27. The van der Waals surface area contributed by atoms with Crippen LogP contribution in [0.15, 0.2) is 29.4 Å². The summed E-state index contributed by atoms with van der Waals surface area (Å²) in [6.07, 6.45) is 2.01. The molecule has 2 rings (SSSR count). The highest BCUT2D eigenvalue weighted by Gasteiger charge is 2.23. The number of aromatic hydroxyl groups is 1. The lowest BCUT2D eigenvalue weighted by Crippen LogP contribution is -2.40. The molecule has 0 radical (unpaired) electrons. The molecule has 1 unspecified atom stereocenters. The van der Waals surface area contributed by atoms with Crippen LogP contribution in [0.1, 0.15) is 18.4 Å². The molecule has 1 fully saturated rings. The van der Waals surface area contributed by atoms with Gasteiger partial charge in [0.05, 0.1) is 0 Å². The van der Waals surface area contributed by atoms with E-state index in [9.17, 15) is 5.11 Å². The van der Waals surface area contributed by atoms with Gasteiger partial charge in [-0.05, 0) is 37.1 Å². The molecule has 0 amide bonds. The molecule has 1 heterocycles. The SMILES string of the molecule is NC(=NO)C1CCCN(Cc2cccc(O)c2)C1. The van der Waals surface area contributed by atoms with E-state index in [4.69, 9.17) is 10.9 Å². The van der Waals surface area contributed by atoms with Crippen molar-refractivity contribution < 1.29 is 10.3 Å². The highest BCUT2D eigenvalue weighted by atomic mass is 16.4. The first kappa shape index (κ1) is 12.7. The lowest BCUT2D eigenvalue weighted by molar-refractivity contribution is 0.192. The van der Waals surface area contributed by atoms with Gasteiger partial charge in [0.15, 0.2) is 0 Å². The maximum Gasteiger partial charge on any atom is 0.143 e. The van der Waals surface area contributed by atoms with Crippen molar-refractivity contribution in [3.63, 3.8) is 0 Å². The number of oxime groups is 1. The van der Waals surface area contributed by atoms with E-state index in [0.717, 1.165) is 38.0 Å². The monoisotopic (exact) mass is 249 g/mol. The third-order valence-corrected chi connectivity index (χ3v) is 3.36. The van der Waals surface area contributed by atoms with E-state index in [-0.39, 0.29) is 11.7 Å². The van der Waals surface area contributed by atoms with Crippen LogP contribution in [0.5, 0.6) is 5.75 Å². The van der Waals surface area contributed by atoms with E-state index < -0.39 is 0 Å². The molecule has 1 saturated heterocycles. The van der Waals surface area contributed by atoms with Crippen molar-refractivity contribution in [1.82, 2.24) is 4.90 Å². The molecule has 0 bridgehead atoms. The van der Waals surface area contributed by atoms with Crippen molar-refractivity contribution in [2.24, 2.45) is 16.8 Å². The lowest BCUT2D eigenvalue weighted by Gasteiger charge is -2.32. The summed E-state index contributed by atoms with van der Waals surface area (Å²) in [5, 5.41) is 21.2. The van der Waals surface area contributed by atoms with Crippen LogP contribution in [-0.4, -0.2) is 34.1 Å². The molecule has 5 heteroatoms. The van der Waals surface area contributed by atoms with Crippen molar-refractivity contribution in [3.05, 3.63) is 29.8 Å². The molecule has 18 heavy (non-hydrogen) atoms. The van der Waals surface area contributed by atoms with Crippen molar-refractivity contribution in [3.8, 4) is 5.75 Å². The first-order valence-electron chi connectivity index (χ1n) is 6.16. The van der Waals surface area contributed by atoms with Gasteiger partial charge in [-0.15, -0.1) is 0 Å². The molecule has 1 aromatic rings. The van der Waals surface area contributed by atoms with Gasteiger partial charge in [-0.1, -0.05) is 17.3 Å². The molecule has 0 aromatic heterocycles. The largest absolute Gasteiger partial charge is 0.508 e. The smallest absolute Gasteiger partial charge is 0.143 e. The summed E-state index contributed by atoms with van der Waals surface area (Å²) in [6.45, 7) is 2.58. The molecule has 98 valence electrons. The fourth-order valence-corrected chi connectivity index (χ4v) is 2.44. The number of hydrogen-bond donors (Lipinski definition) is 3. The Hall–Kier alpha value is -1.75. The maximum atomic E-state index is 9.43. The molecule has 1 aliphatic heterocycles. The van der Waals surface area contributed by atoms with Crippen LogP contribution in [0.2, 0.25) is 0 Å². The fraction of sp³-hybridized carbons (Fsp3) is 0.462. The minimum Gasteiger partial charge on any atom is -0.508 e. The fourth-order valence-electron chi connectivity index (χ4n) is 2.44.